The highest BCUT2D eigenvalue weighted by molar-refractivity contribution is 8.19. The average molecular weight is 325 g/mol. The minimum Gasteiger partial charge on any atom is -0.439 e. The molecule has 1 aromatic heterocycles. The molecule has 0 radical (unpaired) electrons. The molecule has 0 atom stereocenters. The van der Waals surface area contributed by atoms with Crippen LogP contribution in [-0.2, 0) is 0 Å². The Hall–Kier alpha value is -0.910. The van der Waals surface area contributed by atoms with Gasteiger partial charge in [-0.05, 0) is 24.6 Å². The van der Waals surface area contributed by atoms with E-state index in [9.17, 15) is 0 Å². The van der Waals surface area contributed by atoms with Crippen LogP contribution in [-0.4, -0.2) is 21.5 Å². The van der Waals surface area contributed by atoms with Gasteiger partial charge in [-0.25, -0.2) is 4.98 Å². The maximum atomic E-state index is 5.89. The molecule has 6 heteroatoms. The topological polar surface area (TPSA) is 35.0 Å². The molecule has 1 saturated heterocycles. The molecule has 0 spiro atoms. The number of halogens is 1. The van der Waals surface area contributed by atoms with Crippen molar-refractivity contribution in [2.45, 2.75) is 11.5 Å². The van der Waals surface area contributed by atoms with Gasteiger partial charge >= 0.3 is 0 Å². The van der Waals surface area contributed by atoms with Crippen LogP contribution in [0.3, 0.4) is 0 Å². The van der Waals surface area contributed by atoms with E-state index in [-0.39, 0.29) is 0 Å². The van der Waals surface area contributed by atoms with Crippen LogP contribution in [0.2, 0.25) is 5.15 Å². The Labute approximate surface area is 131 Å². The largest absolute Gasteiger partial charge is 0.439 e. The van der Waals surface area contributed by atoms with Gasteiger partial charge in [0.15, 0.2) is 0 Å². The molecular formula is C14H13ClN2OS2. The molecule has 1 fully saturated rings. The third-order valence-electron chi connectivity index (χ3n) is 2.78. The summed E-state index contributed by atoms with van der Waals surface area (Å²) in [4.78, 5) is 8.21. The van der Waals surface area contributed by atoms with Crippen molar-refractivity contribution < 1.29 is 4.74 Å². The van der Waals surface area contributed by atoms with Crippen molar-refractivity contribution in [1.29, 1.82) is 0 Å². The van der Waals surface area contributed by atoms with Gasteiger partial charge in [0.25, 0.3) is 0 Å². The third-order valence-corrected chi connectivity index (χ3v) is 6.08. The monoisotopic (exact) mass is 324 g/mol. The van der Waals surface area contributed by atoms with E-state index < -0.39 is 0 Å². The number of benzene rings is 1. The molecule has 0 saturated carbocycles. The third kappa shape index (κ3) is 3.40. The second-order valence-corrected chi connectivity index (χ2v) is 7.43. The Morgan fingerprint density at radius 1 is 1.15 bits per heavy atom. The summed E-state index contributed by atoms with van der Waals surface area (Å²) >= 11 is 9.88. The van der Waals surface area contributed by atoms with Crippen molar-refractivity contribution in [3.63, 3.8) is 0 Å². The lowest BCUT2D eigenvalue weighted by Gasteiger charge is -2.10. The smallest absolute Gasteiger partial charge is 0.224 e. The number of aromatic nitrogens is 2. The van der Waals surface area contributed by atoms with E-state index in [4.69, 9.17) is 16.3 Å². The lowest BCUT2D eigenvalue weighted by atomic mass is 10.2. The van der Waals surface area contributed by atoms with Crippen LogP contribution in [0.25, 0.3) is 0 Å². The molecule has 0 unspecified atom stereocenters. The number of nitrogens with zero attached hydrogens (tertiary/aromatic N) is 2. The van der Waals surface area contributed by atoms with Crippen LogP contribution >= 0.6 is 35.1 Å². The molecule has 2 heterocycles. The Morgan fingerprint density at radius 2 is 1.85 bits per heavy atom. The molecule has 2 aromatic rings. The van der Waals surface area contributed by atoms with Crippen LogP contribution in [0.4, 0.5) is 0 Å². The predicted molar refractivity (Wildman–Crippen MR) is 86.0 cm³/mol. The van der Waals surface area contributed by atoms with Gasteiger partial charge in [0, 0.05) is 17.6 Å². The maximum absolute atomic E-state index is 5.89. The van der Waals surface area contributed by atoms with E-state index in [2.05, 4.69) is 22.1 Å². The number of hydrogen-bond donors (Lipinski definition) is 0. The van der Waals surface area contributed by atoms with Crippen molar-refractivity contribution in [3.8, 4) is 11.6 Å². The summed E-state index contributed by atoms with van der Waals surface area (Å²) in [6.45, 7) is 1.79. The first kappa shape index (κ1) is 14.0. The molecule has 0 N–H and O–H groups in total. The van der Waals surface area contributed by atoms with Crippen molar-refractivity contribution in [1.82, 2.24) is 9.97 Å². The fourth-order valence-corrected chi connectivity index (χ4v) is 5.00. The van der Waals surface area contributed by atoms with E-state index in [1.807, 2.05) is 35.7 Å². The second-order valence-electron chi connectivity index (χ2n) is 4.32. The molecule has 104 valence electrons. The fourth-order valence-electron chi connectivity index (χ4n) is 1.92. The van der Waals surface area contributed by atoms with E-state index >= 15 is 0 Å². The van der Waals surface area contributed by atoms with Gasteiger partial charge in [0.05, 0.1) is 4.58 Å². The first-order valence-electron chi connectivity index (χ1n) is 6.23. The summed E-state index contributed by atoms with van der Waals surface area (Å²) in [6, 6.07) is 9.79. The summed E-state index contributed by atoms with van der Waals surface area (Å²) in [5.74, 6) is 4.29. The Balaban J connectivity index is 1.74. The normalized spacial score (nSPS) is 15.5. The van der Waals surface area contributed by atoms with Gasteiger partial charge in [-0.1, -0.05) is 23.7 Å². The van der Waals surface area contributed by atoms with Crippen LogP contribution in [0.15, 0.2) is 30.3 Å². The van der Waals surface area contributed by atoms with E-state index in [1.54, 1.807) is 13.0 Å². The number of ether oxygens (including phenoxy) is 1. The summed E-state index contributed by atoms with van der Waals surface area (Å²) < 4.78 is 6.26. The first-order valence-corrected chi connectivity index (χ1v) is 8.70. The number of aryl methyl sites for hydroxylation is 1. The minimum atomic E-state index is 0.392. The standard InChI is InChI=1S/C14H13ClN2OS2/c1-9-16-12(15)8-13(17-9)18-11-4-2-10(3-5-11)14-19-6-7-20-14/h2-5,8,14H,6-7H2,1H3. The molecule has 20 heavy (non-hydrogen) atoms. The summed E-state index contributed by atoms with van der Waals surface area (Å²) in [5, 5.41) is 0.392. The molecular weight excluding hydrogens is 312 g/mol. The maximum Gasteiger partial charge on any atom is 0.224 e. The summed E-state index contributed by atoms with van der Waals surface area (Å²) in [7, 11) is 0. The first-order chi connectivity index (χ1) is 9.70. The highest BCUT2D eigenvalue weighted by Crippen LogP contribution is 2.45. The average Bonchev–Trinajstić information content (AvgIpc) is 2.92. The lowest BCUT2D eigenvalue weighted by Crippen LogP contribution is -1.93. The molecule has 1 aliphatic heterocycles. The molecule has 1 aromatic carbocycles. The van der Waals surface area contributed by atoms with E-state index in [1.165, 1.54) is 17.1 Å². The number of thioether (sulfide) groups is 2. The SMILES string of the molecule is Cc1nc(Cl)cc(Oc2ccc(C3SCCS3)cc2)n1. The van der Waals surface area contributed by atoms with Gasteiger partial charge in [0.1, 0.15) is 16.7 Å². The van der Waals surface area contributed by atoms with Gasteiger partial charge in [-0.2, -0.15) is 4.98 Å². The molecule has 3 nitrogen and oxygen atoms in total. The van der Waals surface area contributed by atoms with E-state index in [0.717, 1.165) is 5.75 Å². The van der Waals surface area contributed by atoms with Crippen LogP contribution in [0.5, 0.6) is 11.6 Å². The van der Waals surface area contributed by atoms with Gasteiger partial charge < -0.3 is 4.74 Å². The zero-order chi connectivity index (χ0) is 13.9. The van der Waals surface area contributed by atoms with Crippen molar-refractivity contribution in [3.05, 3.63) is 46.9 Å². The fraction of sp³-hybridized carbons (Fsp3) is 0.286. The second kappa shape index (κ2) is 6.24. The Kier molecular flexibility index (Phi) is 4.38. The van der Waals surface area contributed by atoms with Crippen molar-refractivity contribution in [2.75, 3.05) is 11.5 Å². The van der Waals surface area contributed by atoms with Crippen LogP contribution in [0.1, 0.15) is 16.0 Å². The minimum absolute atomic E-state index is 0.392. The molecule has 0 bridgehead atoms. The quantitative estimate of drug-likeness (QED) is 0.764. The van der Waals surface area contributed by atoms with Crippen LogP contribution < -0.4 is 4.74 Å². The molecule has 0 aliphatic carbocycles. The summed E-state index contributed by atoms with van der Waals surface area (Å²) in [6.07, 6.45) is 0. The predicted octanol–water partition coefficient (Wildman–Crippen LogP) is 4.71. The van der Waals surface area contributed by atoms with Gasteiger partial charge in [-0.15, -0.1) is 23.5 Å². The number of rotatable bonds is 3. The van der Waals surface area contributed by atoms with Crippen molar-refractivity contribution in [2.24, 2.45) is 0 Å². The lowest BCUT2D eigenvalue weighted by molar-refractivity contribution is 0.459. The molecule has 1 aliphatic rings. The Bertz CT molecular complexity index is 580. The molecule has 0 amide bonds. The van der Waals surface area contributed by atoms with E-state index in [0.29, 0.717) is 21.4 Å². The summed E-state index contributed by atoms with van der Waals surface area (Å²) in [5.41, 5.74) is 1.33. The highest BCUT2D eigenvalue weighted by Gasteiger charge is 2.18. The molecule has 3 rings (SSSR count). The van der Waals surface area contributed by atoms with Crippen LogP contribution in [0, 0.1) is 6.92 Å². The zero-order valence-electron chi connectivity index (χ0n) is 10.9. The van der Waals surface area contributed by atoms with Gasteiger partial charge in [0.2, 0.25) is 5.88 Å². The zero-order valence-corrected chi connectivity index (χ0v) is 13.3. The highest BCUT2D eigenvalue weighted by atomic mass is 35.5. The van der Waals surface area contributed by atoms with Crippen molar-refractivity contribution >= 4 is 35.1 Å². The number of hydrogen-bond acceptors (Lipinski definition) is 5. The Morgan fingerprint density at radius 3 is 2.50 bits per heavy atom. The van der Waals surface area contributed by atoms with Gasteiger partial charge in [-0.3, -0.25) is 0 Å².